The Morgan fingerprint density at radius 3 is 2.63 bits per heavy atom. The van der Waals surface area contributed by atoms with Gasteiger partial charge in [0, 0.05) is 12.0 Å². The predicted molar refractivity (Wildman–Crippen MR) is 79.7 cm³/mol. The zero-order chi connectivity index (χ0) is 14.3. The van der Waals surface area contributed by atoms with Gasteiger partial charge in [-0.05, 0) is 45.4 Å². The first-order valence-electron chi connectivity index (χ1n) is 7.09. The summed E-state index contributed by atoms with van der Waals surface area (Å²) in [5.74, 6) is 0.922. The van der Waals surface area contributed by atoms with Crippen LogP contribution >= 0.6 is 0 Å². The number of para-hydroxylation sites is 1. The number of aliphatic hydroxyl groups excluding tert-OH is 1. The summed E-state index contributed by atoms with van der Waals surface area (Å²) in [5.41, 5.74) is 0.861. The van der Waals surface area contributed by atoms with E-state index in [2.05, 4.69) is 12.2 Å². The van der Waals surface area contributed by atoms with E-state index < -0.39 is 0 Å². The molecule has 0 radical (unpaired) electrons. The SMILES string of the molecule is CCCNC(C)(CO)CC(C)Oc1ccccc1C. The number of hydrogen-bond acceptors (Lipinski definition) is 3. The Morgan fingerprint density at radius 2 is 2.05 bits per heavy atom. The lowest BCUT2D eigenvalue weighted by Crippen LogP contribution is -2.48. The molecule has 0 aromatic heterocycles. The zero-order valence-corrected chi connectivity index (χ0v) is 12.6. The molecular formula is C16H27NO2. The van der Waals surface area contributed by atoms with Gasteiger partial charge in [-0.2, -0.15) is 0 Å². The number of rotatable bonds is 8. The lowest BCUT2D eigenvalue weighted by Gasteiger charge is -2.32. The van der Waals surface area contributed by atoms with E-state index in [4.69, 9.17) is 4.74 Å². The van der Waals surface area contributed by atoms with E-state index in [1.807, 2.05) is 45.0 Å². The van der Waals surface area contributed by atoms with E-state index in [9.17, 15) is 5.11 Å². The van der Waals surface area contributed by atoms with Gasteiger partial charge in [-0.25, -0.2) is 0 Å². The molecule has 108 valence electrons. The van der Waals surface area contributed by atoms with Crippen molar-refractivity contribution >= 4 is 0 Å². The molecule has 1 aromatic rings. The molecule has 3 heteroatoms. The molecule has 0 saturated carbocycles. The normalized spacial score (nSPS) is 15.8. The van der Waals surface area contributed by atoms with Gasteiger partial charge in [-0.3, -0.25) is 0 Å². The second-order valence-electron chi connectivity index (χ2n) is 5.54. The number of aliphatic hydroxyl groups is 1. The summed E-state index contributed by atoms with van der Waals surface area (Å²) in [5, 5.41) is 13.0. The van der Waals surface area contributed by atoms with Gasteiger partial charge >= 0.3 is 0 Å². The van der Waals surface area contributed by atoms with Crippen LogP contribution in [0.2, 0.25) is 0 Å². The smallest absolute Gasteiger partial charge is 0.122 e. The highest BCUT2D eigenvalue weighted by molar-refractivity contribution is 5.31. The van der Waals surface area contributed by atoms with Crippen molar-refractivity contribution in [1.29, 1.82) is 0 Å². The number of hydrogen-bond donors (Lipinski definition) is 2. The predicted octanol–water partition coefficient (Wildman–Crippen LogP) is 2.90. The van der Waals surface area contributed by atoms with E-state index in [1.54, 1.807) is 0 Å². The van der Waals surface area contributed by atoms with Crippen molar-refractivity contribution in [2.45, 2.75) is 52.2 Å². The fraction of sp³-hybridized carbons (Fsp3) is 0.625. The summed E-state index contributed by atoms with van der Waals surface area (Å²) >= 11 is 0. The van der Waals surface area contributed by atoms with E-state index in [-0.39, 0.29) is 18.2 Å². The Labute approximate surface area is 117 Å². The summed E-state index contributed by atoms with van der Waals surface area (Å²) in [6, 6.07) is 8.02. The van der Waals surface area contributed by atoms with Crippen LogP contribution < -0.4 is 10.1 Å². The first-order valence-corrected chi connectivity index (χ1v) is 7.09. The fourth-order valence-electron chi connectivity index (χ4n) is 2.20. The van der Waals surface area contributed by atoms with Gasteiger partial charge < -0.3 is 15.2 Å². The third-order valence-electron chi connectivity index (χ3n) is 3.31. The molecule has 0 aliphatic rings. The van der Waals surface area contributed by atoms with Gasteiger partial charge in [0.15, 0.2) is 0 Å². The zero-order valence-electron chi connectivity index (χ0n) is 12.6. The molecule has 0 bridgehead atoms. The Kier molecular flexibility index (Phi) is 6.32. The van der Waals surface area contributed by atoms with Crippen LogP contribution in [0.1, 0.15) is 39.2 Å². The first kappa shape index (κ1) is 16.0. The highest BCUT2D eigenvalue weighted by atomic mass is 16.5. The van der Waals surface area contributed by atoms with Crippen LogP contribution in [0.3, 0.4) is 0 Å². The number of aryl methyl sites for hydroxylation is 1. The van der Waals surface area contributed by atoms with Gasteiger partial charge in [-0.15, -0.1) is 0 Å². The molecule has 2 N–H and O–H groups in total. The Hall–Kier alpha value is -1.06. The van der Waals surface area contributed by atoms with Crippen LogP contribution in [-0.2, 0) is 0 Å². The minimum absolute atomic E-state index is 0.0580. The lowest BCUT2D eigenvalue weighted by molar-refractivity contribution is 0.109. The molecule has 19 heavy (non-hydrogen) atoms. The van der Waals surface area contributed by atoms with Gasteiger partial charge in [-0.1, -0.05) is 25.1 Å². The molecule has 2 unspecified atom stereocenters. The number of benzene rings is 1. The quantitative estimate of drug-likeness (QED) is 0.759. The van der Waals surface area contributed by atoms with Crippen LogP contribution in [0.4, 0.5) is 0 Å². The lowest BCUT2D eigenvalue weighted by atomic mass is 9.95. The summed E-state index contributed by atoms with van der Waals surface area (Å²) < 4.78 is 5.97. The summed E-state index contributed by atoms with van der Waals surface area (Å²) in [6.45, 7) is 9.29. The fourth-order valence-corrected chi connectivity index (χ4v) is 2.20. The Morgan fingerprint density at radius 1 is 1.37 bits per heavy atom. The van der Waals surface area contributed by atoms with Gasteiger partial charge in [0.2, 0.25) is 0 Å². The van der Waals surface area contributed by atoms with Crippen LogP contribution in [0.15, 0.2) is 24.3 Å². The van der Waals surface area contributed by atoms with Crippen molar-refractivity contribution in [3.05, 3.63) is 29.8 Å². The molecule has 0 spiro atoms. The second kappa shape index (κ2) is 7.51. The van der Waals surface area contributed by atoms with E-state index in [0.717, 1.165) is 30.7 Å². The maximum atomic E-state index is 9.56. The standard InChI is InChI=1S/C16H27NO2/c1-5-10-17-16(4,12-18)11-14(3)19-15-9-7-6-8-13(15)2/h6-9,14,17-18H,5,10-12H2,1-4H3. The minimum Gasteiger partial charge on any atom is -0.490 e. The summed E-state index contributed by atoms with van der Waals surface area (Å²) in [4.78, 5) is 0. The minimum atomic E-state index is -0.280. The van der Waals surface area contributed by atoms with Gasteiger partial charge in [0.25, 0.3) is 0 Å². The van der Waals surface area contributed by atoms with Crippen molar-refractivity contribution in [2.24, 2.45) is 0 Å². The second-order valence-corrected chi connectivity index (χ2v) is 5.54. The van der Waals surface area contributed by atoms with E-state index >= 15 is 0 Å². The van der Waals surface area contributed by atoms with Crippen molar-refractivity contribution in [1.82, 2.24) is 5.32 Å². The number of ether oxygens (including phenoxy) is 1. The van der Waals surface area contributed by atoms with Crippen molar-refractivity contribution in [3.63, 3.8) is 0 Å². The average Bonchev–Trinajstić information content (AvgIpc) is 2.39. The Bertz CT molecular complexity index is 381. The maximum absolute atomic E-state index is 9.56. The third-order valence-corrected chi connectivity index (χ3v) is 3.31. The molecule has 1 rings (SSSR count). The third kappa shape index (κ3) is 5.21. The molecule has 0 aliphatic heterocycles. The maximum Gasteiger partial charge on any atom is 0.122 e. The molecule has 0 fully saturated rings. The average molecular weight is 265 g/mol. The van der Waals surface area contributed by atoms with E-state index in [1.165, 1.54) is 0 Å². The largest absolute Gasteiger partial charge is 0.490 e. The molecular weight excluding hydrogens is 238 g/mol. The molecule has 0 amide bonds. The molecule has 1 aromatic carbocycles. The monoisotopic (exact) mass is 265 g/mol. The van der Waals surface area contributed by atoms with Crippen molar-refractivity contribution in [2.75, 3.05) is 13.2 Å². The first-order chi connectivity index (χ1) is 9.00. The van der Waals surface area contributed by atoms with Crippen LogP contribution in [0.5, 0.6) is 5.75 Å². The van der Waals surface area contributed by atoms with Crippen LogP contribution in [0, 0.1) is 6.92 Å². The van der Waals surface area contributed by atoms with Crippen molar-refractivity contribution in [3.8, 4) is 5.75 Å². The molecule has 3 nitrogen and oxygen atoms in total. The topological polar surface area (TPSA) is 41.5 Å². The summed E-state index contributed by atoms with van der Waals surface area (Å²) in [7, 11) is 0. The molecule has 0 saturated heterocycles. The van der Waals surface area contributed by atoms with Crippen molar-refractivity contribution < 1.29 is 9.84 Å². The highest BCUT2D eigenvalue weighted by Gasteiger charge is 2.25. The summed E-state index contributed by atoms with van der Waals surface area (Å²) in [6.07, 6.45) is 1.89. The van der Waals surface area contributed by atoms with Crippen LogP contribution in [0.25, 0.3) is 0 Å². The van der Waals surface area contributed by atoms with Crippen LogP contribution in [-0.4, -0.2) is 29.9 Å². The molecule has 0 aliphatic carbocycles. The molecule has 0 heterocycles. The van der Waals surface area contributed by atoms with Gasteiger partial charge in [0.1, 0.15) is 5.75 Å². The molecule has 2 atom stereocenters. The van der Waals surface area contributed by atoms with E-state index in [0.29, 0.717) is 0 Å². The van der Waals surface area contributed by atoms with Gasteiger partial charge in [0.05, 0.1) is 12.7 Å². The Balaban J connectivity index is 2.58. The number of nitrogens with one attached hydrogen (secondary N) is 1. The highest BCUT2D eigenvalue weighted by Crippen LogP contribution is 2.21.